The molecule has 1 amide bonds. The second-order valence-corrected chi connectivity index (χ2v) is 13.5. The third kappa shape index (κ3) is 10.5. The van der Waals surface area contributed by atoms with Crippen LogP contribution in [0.5, 0.6) is 0 Å². The van der Waals surface area contributed by atoms with Crippen molar-refractivity contribution in [2.45, 2.75) is 32.6 Å². The monoisotopic (exact) mass is 685 g/mol. The molecule has 0 aliphatic carbocycles. The zero-order valence-electron chi connectivity index (χ0n) is 23.4. The van der Waals surface area contributed by atoms with Gasteiger partial charge in [0.05, 0.1) is 33.4 Å². The van der Waals surface area contributed by atoms with Crippen LogP contribution in [0.1, 0.15) is 38.2 Å². The first-order valence-corrected chi connectivity index (χ1v) is 17.1. The summed E-state index contributed by atoms with van der Waals surface area (Å²) < 4.78 is 63.9. The van der Waals surface area contributed by atoms with Crippen LogP contribution in [0, 0.1) is 11.3 Å². The van der Waals surface area contributed by atoms with Gasteiger partial charge in [-0.15, -0.1) is 10.2 Å². The zero-order chi connectivity index (χ0) is 32.5. The van der Waals surface area contributed by atoms with Crippen LogP contribution in [-0.2, 0) is 25.0 Å². The highest BCUT2D eigenvalue weighted by atomic mass is 35.5. The minimum absolute atomic E-state index is 0.0413. The van der Waals surface area contributed by atoms with Crippen LogP contribution in [0.2, 0.25) is 10.0 Å². The summed E-state index contributed by atoms with van der Waals surface area (Å²) in [6.45, 7) is 1.98. The number of rotatable bonds is 15. The van der Waals surface area contributed by atoms with Gasteiger partial charge in [0, 0.05) is 25.7 Å². The number of nitrogens with zero attached hydrogens (tertiary/aromatic N) is 6. The summed E-state index contributed by atoms with van der Waals surface area (Å²) in [4.78, 5) is 13.9. The molecule has 236 valence electrons. The number of carbonyl (C=O) groups excluding carboxylic acids is 1. The second kappa shape index (κ2) is 15.4. The van der Waals surface area contributed by atoms with E-state index in [0.29, 0.717) is 37.3 Å². The summed E-state index contributed by atoms with van der Waals surface area (Å²) in [5.74, 6) is -1.20. The number of nitrogens with one attached hydrogen (secondary N) is 1. The molecule has 0 radical (unpaired) electrons. The van der Waals surface area contributed by atoms with Crippen molar-refractivity contribution >= 4 is 72.2 Å². The van der Waals surface area contributed by atoms with Crippen molar-refractivity contribution in [2.24, 2.45) is 10.2 Å². The molecule has 0 fully saturated rings. The number of para-hydroxylation sites is 1. The fourth-order valence-electron chi connectivity index (χ4n) is 4.12. The Hall–Kier alpha value is -3.59. The summed E-state index contributed by atoms with van der Waals surface area (Å²) in [7, 11) is -8.26. The maximum atomic E-state index is 12.1. The predicted octanol–water partition coefficient (Wildman–Crippen LogP) is 5.57. The number of carbonyl (C=O) groups is 1. The highest BCUT2D eigenvalue weighted by molar-refractivity contribution is 7.86. The average molecular weight is 687 g/mol. The van der Waals surface area contributed by atoms with Crippen molar-refractivity contribution in [1.29, 1.82) is 5.26 Å². The molecular formula is C26H29Cl2N7O7S2. The Balaban J connectivity index is 1.96. The van der Waals surface area contributed by atoms with E-state index in [1.807, 2.05) is 11.0 Å². The van der Waals surface area contributed by atoms with Crippen LogP contribution in [-0.4, -0.2) is 66.2 Å². The molecule has 0 bridgehead atoms. The Bertz CT molecular complexity index is 1730. The predicted molar refractivity (Wildman–Crippen MR) is 167 cm³/mol. The molecule has 0 saturated heterocycles. The van der Waals surface area contributed by atoms with Crippen LogP contribution >= 0.6 is 23.2 Å². The molecular weight excluding hydrogens is 657 g/mol. The first-order chi connectivity index (χ1) is 20.7. The van der Waals surface area contributed by atoms with Gasteiger partial charge in [0.25, 0.3) is 20.2 Å². The summed E-state index contributed by atoms with van der Waals surface area (Å²) in [5, 5.41) is 25.5. The molecule has 14 nitrogen and oxygen atoms in total. The number of aromatic nitrogens is 2. The normalized spacial score (nSPS) is 11.9. The molecule has 0 aliphatic heterocycles. The van der Waals surface area contributed by atoms with Crippen molar-refractivity contribution < 1.29 is 30.7 Å². The van der Waals surface area contributed by atoms with Gasteiger partial charge in [-0.2, -0.15) is 27.2 Å². The number of nitriles is 1. The van der Waals surface area contributed by atoms with Crippen molar-refractivity contribution in [3.63, 3.8) is 0 Å². The number of benzene rings is 2. The fourth-order valence-corrected chi connectivity index (χ4v) is 5.81. The summed E-state index contributed by atoms with van der Waals surface area (Å²) in [5.41, 5.74) is 1.46. The maximum absolute atomic E-state index is 12.1. The Labute approximate surface area is 264 Å². The summed E-state index contributed by atoms with van der Waals surface area (Å²) in [6, 6.07) is 11.7. The molecule has 0 atom stereocenters. The lowest BCUT2D eigenvalue weighted by molar-refractivity contribution is -0.114. The molecule has 18 heteroatoms. The molecule has 0 saturated carbocycles. The first kappa shape index (κ1) is 34.9. The topological polar surface area (TPSA) is 207 Å². The van der Waals surface area contributed by atoms with Gasteiger partial charge in [0.15, 0.2) is 5.82 Å². The van der Waals surface area contributed by atoms with E-state index >= 15 is 0 Å². The average Bonchev–Trinajstić information content (AvgIpc) is 3.32. The smallest absolute Gasteiger partial charge is 0.264 e. The quantitative estimate of drug-likeness (QED) is 0.103. The van der Waals surface area contributed by atoms with E-state index < -0.39 is 37.6 Å². The van der Waals surface area contributed by atoms with E-state index in [1.165, 1.54) is 17.8 Å². The van der Waals surface area contributed by atoms with Crippen LogP contribution in [0.4, 0.5) is 22.9 Å². The van der Waals surface area contributed by atoms with Crippen molar-refractivity contribution in [1.82, 2.24) is 9.78 Å². The SMILES string of the molecule is CC(=O)Nc1cc(N(CCCCS(=O)(=O)O)CCCCS(=O)(=O)O)ccc1N=Nc1c(C#N)cnn1-c1c(Cl)cccc1Cl. The highest BCUT2D eigenvalue weighted by Gasteiger charge is 2.18. The number of unbranched alkanes of at least 4 members (excludes halogenated alkanes) is 2. The van der Waals surface area contributed by atoms with Gasteiger partial charge in [0.1, 0.15) is 23.0 Å². The van der Waals surface area contributed by atoms with Gasteiger partial charge in [-0.3, -0.25) is 13.9 Å². The molecule has 1 heterocycles. The van der Waals surface area contributed by atoms with E-state index in [2.05, 4.69) is 20.6 Å². The number of azo groups is 1. The lowest BCUT2D eigenvalue weighted by Gasteiger charge is -2.26. The van der Waals surface area contributed by atoms with Gasteiger partial charge in [-0.25, -0.2) is 4.68 Å². The standard InChI is InChI=1S/C26H29Cl2N7O7S2/c1-18(36)31-24-15-20(34(11-2-4-13-43(37,38)39)12-3-5-14-44(40,41)42)9-10-23(24)32-33-26-19(16-29)17-30-35(26)25-21(27)7-6-8-22(25)28/h6-10,15,17H,2-5,11-14H2,1H3,(H,31,36)(H,37,38,39)(H,40,41,42). The molecule has 0 unspecified atom stereocenters. The Morgan fingerprint density at radius 3 is 2.11 bits per heavy atom. The zero-order valence-corrected chi connectivity index (χ0v) is 26.5. The molecule has 0 spiro atoms. The molecule has 3 N–H and O–H groups in total. The van der Waals surface area contributed by atoms with Gasteiger partial charge < -0.3 is 10.2 Å². The minimum Gasteiger partial charge on any atom is -0.371 e. The van der Waals surface area contributed by atoms with Crippen LogP contribution in [0.15, 0.2) is 52.8 Å². The largest absolute Gasteiger partial charge is 0.371 e. The first-order valence-electron chi connectivity index (χ1n) is 13.1. The van der Waals surface area contributed by atoms with E-state index in [0.717, 1.165) is 0 Å². The fraction of sp³-hybridized carbons (Fsp3) is 0.346. The van der Waals surface area contributed by atoms with Crippen molar-refractivity contribution in [3.8, 4) is 11.8 Å². The number of hydrogen-bond donors (Lipinski definition) is 3. The van der Waals surface area contributed by atoms with E-state index in [9.17, 15) is 26.9 Å². The van der Waals surface area contributed by atoms with Crippen molar-refractivity contribution in [2.75, 3.05) is 34.8 Å². The minimum atomic E-state index is -4.13. The summed E-state index contributed by atoms with van der Waals surface area (Å²) >= 11 is 12.7. The van der Waals surface area contributed by atoms with E-state index in [1.54, 1.807) is 36.4 Å². The van der Waals surface area contributed by atoms with Gasteiger partial charge in [-0.05, 0) is 56.0 Å². The highest BCUT2D eigenvalue weighted by Crippen LogP contribution is 2.35. The lowest BCUT2D eigenvalue weighted by atomic mass is 10.2. The third-order valence-corrected chi connectivity index (χ3v) is 8.30. The van der Waals surface area contributed by atoms with Gasteiger partial charge in [-0.1, -0.05) is 29.3 Å². The molecule has 2 aromatic carbocycles. The van der Waals surface area contributed by atoms with Crippen LogP contribution in [0.3, 0.4) is 0 Å². The second-order valence-electron chi connectivity index (χ2n) is 9.53. The van der Waals surface area contributed by atoms with Crippen LogP contribution in [0.25, 0.3) is 5.69 Å². The van der Waals surface area contributed by atoms with Gasteiger partial charge in [0.2, 0.25) is 5.91 Å². The Kier molecular flexibility index (Phi) is 12.2. The molecule has 3 rings (SSSR count). The lowest BCUT2D eigenvalue weighted by Crippen LogP contribution is -2.26. The van der Waals surface area contributed by atoms with Crippen LogP contribution < -0.4 is 10.2 Å². The summed E-state index contributed by atoms with van der Waals surface area (Å²) in [6.07, 6.45) is 2.39. The molecule has 1 aromatic heterocycles. The number of hydrogen-bond acceptors (Lipinski definition) is 10. The Morgan fingerprint density at radius 1 is 1.00 bits per heavy atom. The Morgan fingerprint density at radius 2 is 1.59 bits per heavy atom. The maximum Gasteiger partial charge on any atom is 0.264 e. The van der Waals surface area contributed by atoms with Gasteiger partial charge >= 0.3 is 0 Å². The number of amides is 1. The third-order valence-electron chi connectivity index (χ3n) is 6.08. The number of anilines is 2. The van der Waals surface area contributed by atoms with Crippen molar-refractivity contribution in [3.05, 3.63) is 58.2 Å². The number of halogens is 2. The van der Waals surface area contributed by atoms with E-state index in [-0.39, 0.29) is 45.6 Å². The molecule has 0 aliphatic rings. The molecule has 44 heavy (non-hydrogen) atoms. The van der Waals surface area contributed by atoms with E-state index in [4.69, 9.17) is 32.3 Å². The molecule has 3 aromatic rings.